The topological polar surface area (TPSA) is 122 Å². The second kappa shape index (κ2) is 7.56. The molecule has 0 bridgehead atoms. The molecule has 0 heterocycles. The van der Waals surface area contributed by atoms with Crippen LogP contribution in [-0.4, -0.2) is 63.7 Å². The number of hydrogen-bond donors (Lipinski definition) is 3. The molecule has 0 aromatic heterocycles. The van der Waals surface area contributed by atoms with Gasteiger partial charge in [-0.1, -0.05) is 0 Å². The third-order valence-electron chi connectivity index (χ3n) is 2.15. The van der Waals surface area contributed by atoms with Crippen molar-refractivity contribution in [2.45, 2.75) is 12.5 Å². The van der Waals surface area contributed by atoms with Gasteiger partial charge >= 0.3 is 5.97 Å². The Labute approximate surface area is 101 Å². The maximum Gasteiger partial charge on any atom is 0.320 e. The fourth-order valence-corrected chi connectivity index (χ4v) is 2.00. The van der Waals surface area contributed by atoms with Crippen molar-refractivity contribution in [3.63, 3.8) is 0 Å². The summed E-state index contributed by atoms with van der Waals surface area (Å²) in [5, 5.41) is 8.60. The van der Waals surface area contributed by atoms with Crippen LogP contribution in [0.3, 0.4) is 0 Å². The van der Waals surface area contributed by atoms with Crippen molar-refractivity contribution >= 4 is 16.2 Å². The molecule has 1 unspecified atom stereocenters. The third kappa shape index (κ3) is 5.94. The number of methoxy groups -OCH3 is 1. The monoisotopic (exact) mass is 269 g/mol. The van der Waals surface area contributed by atoms with Crippen molar-refractivity contribution in [2.24, 2.45) is 5.73 Å². The fourth-order valence-electron chi connectivity index (χ4n) is 1.08. The van der Waals surface area contributed by atoms with E-state index in [1.165, 1.54) is 14.2 Å². The summed E-state index contributed by atoms with van der Waals surface area (Å²) in [5.41, 5.74) is 5.31. The molecule has 0 radical (unpaired) electrons. The summed E-state index contributed by atoms with van der Waals surface area (Å²) in [7, 11) is -0.864. The third-order valence-corrected chi connectivity index (χ3v) is 3.71. The molecule has 0 saturated carbocycles. The highest BCUT2D eigenvalue weighted by Gasteiger charge is 2.21. The molecule has 1 atom stereocenters. The molecular weight excluding hydrogens is 250 g/mol. The first-order valence-electron chi connectivity index (χ1n) is 5.01. The minimum absolute atomic E-state index is 0.0278. The molecule has 0 saturated heterocycles. The highest BCUT2D eigenvalue weighted by Crippen LogP contribution is 2.01. The Kier molecular flexibility index (Phi) is 7.23. The van der Waals surface area contributed by atoms with E-state index >= 15 is 0 Å². The van der Waals surface area contributed by atoms with E-state index < -0.39 is 22.2 Å². The molecule has 0 aliphatic heterocycles. The Balaban J connectivity index is 4.45. The molecule has 0 amide bonds. The molecule has 0 rings (SSSR count). The van der Waals surface area contributed by atoms with Gasteiger partial charge in [0, 0.05) is 27.2 Å². The average molecular weight is 269 g/mol. The van der Waals surface area contributed by atoms with Crippen LogP contribution < -0.4 is 10.5 Å². The molecule has 0 spiro atoms. The molecule has 0 aliphatic carbocycles. The van der Waals surface area contributed by atoms with Crippen molar-refractivity contribution in [3.05, 3.63) is 0 Å². The number of rotatable bonds is 9. The molecule has 4 N–H and O–H groups in total. The Morgan fingerprint density at radius 1 is 1.53 bits per heavy atom. The molecule has 17 heavy (non-hydrogen) atoms. The van der Waals surface area contributed by atoms with Crippen molar-refractivity contribution in [1.82, 2.24) is 9.03 Å². The standard InChI is InChI=1S/C8H19N3O5S/c1-10-17(14,15)11(5-6-16-2)4-3-7(9)8(12)13/h7,10H,3-6,9H2,1-2H3,(H,12,13). The molecule has 0 fully saturated rings. The molecule has 0 aromatic rings. The first-order valence-corrected chi connectivity index (χ1v) is 6.45. The molecule has 0 aliphatic rings. The van der Waals surface area contributed by atoms with E-state index in [0.29, 0.717) is 0 Å². The molecule has 9 heteroatoms. The average Bonchev–Trinajstić information content (AvgIpc) is 2.28. The van der Waals surface area contributed by atoms with Gasteiger partial charge in [0.1, 0.15) is 6.04 Å². The summed E-state index contributed by atoms with van der Waals surface area (Å²) in [4.78, 5) is 10.5. The quantitative estimate of drug-likeness (QED) is 0.454. The smallest absolute Gasteiger partial charge is 0.320 e. The Hall–Kier alpha value is -0.740. The van der Waals surface area contributed by atoms with Gasteiger partial charge in [-0.25, -0.2) is 4.72 Å². The summed E-state index contributed by atoms with van der Waals surface area (Å²) in [6.07, 6.45) is 0.0416. The van der Waals surface area contributed by atoms with E-state index in [9.17, 15) is 13.2 Å². The van der Waals surface area contributed by atoms with Crippen LogP contribution in [0, 0.1) is 0 Å². The number of nitrogens with zero attached hydrogens (tertiary/aromatic N) is 1. The van der Waals surface area contributed by atoms with Gasteiger partial charge in [0.25, 0.3) is 10.2 Å². The molecule has 0 aromatic carbocycles. The zero-order valence-corrected chi connectivity index (χ0v) is 10.7. The normalized spacial score (nSPS) is 13.9. The Morgan fingerprint density at radius 2 is 2.12 bits per heavy atom. The lowest BCUT2D eigenvalue weighted by Gasteiger charge is -2.21. The van der Waals surface area contributed by atoms with Gasteiger partial charge in [-0.15, -0.1) is 0 Å². The van der Waals surface area contributed by atoms with Gasteiger partial charge in [0.2, 0.25) is 0 Å². The first-order chi connectivity index (χ1) is 7.85. The minimum atomic E-state index is -3.60. The maximum atomic E-state index is 11.6. The van der Waals surface area contributed by atoms with Crippen molar-refractivity contribution in [1.29, 1.82) is 0 Å². The highest BCUT2D eigenvalue weighted by atomic mass is 32.2. The van der Waals surface area contributed by atoms with E-state index in [2.05, 4.69) is 4.72 Å². The summed E-state index contributed by atoms with van der Waals surface area (Å²) >= 11 is 0. The number of nitrogens with two attached hydrogens (primary N) is 1. The summed E-state index contributed by atoms with van der Waals surface area (Å²) < 4.78 is 31.2. The van der Waals surface area contributed by atoms with E-state index in [0.717, 1.165) is 4.31 Å². The van der Waals surface area contributed by atoms with Crippen molar-refractivity contribution in [2.75, 3.05) is 33.9 Å². The van der Waals surface area contributed by atoms with Crippen LogP contribution in [0.2, 0.25) is 0 Å². The molecular formula is C8H19N3O5S. The second-order valence-corrected chi connectivity index (χ2v) is 5.21. The lowest BCUT2D eigenvalue weighted by Crippen LogP contribution is -2.43. The van der Waals surface area contributed by atoms with Gasteiger partial charge < -0.3 is 15.6 Å². The lowest BCUT2D eigenvalue weighted by molar-refractivity contribution is -0.138. The largest absolute Gasteiger partial charge is 0.480 e. The van der Waals surface area contributed by atoms with Gasteiger partial charge in [-0.2, -0.15) is 12.7 Å². The van der Waals surface area contributed by atoms with Crippen LogP contribution >= 0.6 is 0 Å². The molecule has 102 valence electrons. The maximum absolute atomic E-state index is 11.6. The van der Waals surface area contributed by atoms with Crippen molar-refractivity contribution < 1.29 is 23.1 Å². The predicted octanol–water partition coefficient (Wildman–Crippen LogP) is -1.80. The molecule has 8 nitrogen and oxygen atoms in total. The number of carboxylic acids is 1. The van der Waals surface area contributed by atoms with Crippen LogP contribution in [0.1, 0.15) is 6.42 Å². The van der Waals surface area contributed by atoms with Gasteiger partial charge in [0.15, 0.2) is 0 Å². The second-order valence-electron chi connectivity index (χ2n) is 3.33. The van der Waals surface area contributed by atoms with Gasteiger partial charge in [-0.05, 0) is 6.42 Å². The van der Waals surface area contributed by atoms with Crippen LogP contribution in [0.15, 0.2) is 0 Å². The summed E-state index contributed by atoms with van der Waals surface area (Å²) in [6, 6.07) is -1.08. The SMILES string of the molecule is CNS(=O)(=O)N(CCOC)CCC(N)C(=O)O. The zero-order chi connectivity index (χ0) is 13.5. The number of carboxylic acid groups (broad SMARTS) is 1. The number of aliphatic carboxylic acids is 1. The number of carbonyl (C=O) groups is 1. The number of ether oxygens (including phenoxy) is 1. The highest BCUT2D eigenvalue weighted by molar-refractivity contribution is 7.87. The van der Waals surface area contributed by atoms with Crippen LogP contribution in [0.5, 0.6) is 0 Å². The summed E-state index contributed by atoms with van der Waals surface area (Å²) in [6.45, 7) is 0.398. The predicted molar refractivity (Wildman–Crippen MR) is 61.7 cm³/mol. The number of nitrogens with one attached hydrogen (secondary N) is 1. The van der Waals surface area contributed by atoms with Gasteiger partial charge in [-0.3, -0.25) is 4.79 Å². The summed E-state index contributed by atoms with van der Waals surface area (Å²) in [5.74, 6) is -1.15. The van der Waals surface area contributed by atoms with Crippen LogP contribution in [-0.2, 0) is 19.7 Å². The fraction of sp³-hybridized carbons (Fsp3) is 0.875. The first kappa shape index (κ1) is 16.3. The number of hydrogen-bond acceptors (Lipinski definition) is 5. The Morgan fingerprint density at radius 3 is 2.53 bits per heavy atom. The van der Waals surface area contributed by atoms with E-state index in [1.54, 1.807) is 0 Å². The minimum Gasteiger partial charge on any atom is -0.480 e. The van der Waals surface area contributed by atoms with E-state index in [4.69, 9.17) is 15.6 Å². The Bertz CT molecular complexity index is 332. The van der Waals surface area contributed by atoms with Gasteiger partial charge in [0.05, 0.1) is 6.61 Å². The lowest BCUT2D eigenvalue weighted by atomic mass is 10.2. The van der Waals surface area contributed by atoms with Crippen molar-refractivity contribution in [3.8, 4) is 0 Å². The van der Waals surface area contributed by atoms with Crippen LogP contribution in [0.4, 0.5) is 0 Å². The van der Waals surface area contributed by atoms with E-state index in [1.807, 2.05) is 0 Å². The van der Waals surface area contributed by atoms with Crippen LogP contribution in [0.25, 0.3) is 0 Å². The zero-order valence-electron chi connectivity index (χ0n) is 9.92. The van der Waals surface area contributed by atoms with E-state index in [-0.39, 0.29) is 26.1 Å².